The number of methoxy groups -OCH3 is 1. The first-order chi connectivity index (χ1) is 12.8. The quantitative estimate of drug-likeness (QED) is 0.749. The van der Waals surface area contributed by atoms with Crippen LogP contribution in [0.15, 0.2) is 42.7 Å². The molecule has 0 atom stereocenters. The first-order valence-corrected chi connectivity index (χ1v) is 8.93. The number of pyridine rings is 1. The van der Waals surface area contributed by atoms with Crippen LogP contribution >= 0.6 is 12.4 Å². The van der Waals surface area contributed by atoms with E-state index >= 15 is 0 Å². The molecule has 2 aromatic rings. The molecule has 1 aromatic heterocycles. The van der Waals surface area contributed by atoms with Gasteiger partial charge in [0.15, 0.2) is 18.1 Å². The molecule has 3 rings (SSSR count). The topological polar surface area (TPSA) is 63.7 Å². The molecule has 1 aromatic carbocycles. The molecule has 1 aliphatic heterocycles. The number of benzene rings is 1. The number of aromatic nitrogens is 1. The van der Waals surface area contributed by atoms with Crippen LogP contribution < -0.4 is 14.8 Å². The lowest BCUT2D eigenvalue weighted by Crippen LogP contribution is -2.32. The van der Waals surface area contributed by atoms with Crippen LogP contribution in [0.4, 0.5) is 0 Å². The molecule has 1 fully saturated rings. The van der Waals surface area contributed by atoms with E-state index in [0.29, 0.717) is 18.0 Å². The van der Waals surface area contributed by atoms with Crippen LogP contribution in [-0.4, -0.2) is 42.6 Å². The zero-order chi connectivity index (χ0) is 18.2. The Kier molecular flexibility index (Phi) is 8.36. The predicted molar refractivity (Wildman–Crippen MR) is 106 cm³/mol. The van der Waals surface area contributed by atoms with Crippen LogP contribution in [0.2, 0.25) is 0 Å². The summed E-state index contributed by atoms with van der Waals surface area (Å²) in [6, 6.07) is 9.74. The smallest absolute Gasteiger partial charge is 0.260 e. The lowest BCUT2D eigenvalue weighted by molar-refractivity contribution is -0.132. The van der Waals surface area contributed by atoms with Gasteiger partial charge in [0.1, 0.15) is 0 Å². The van der Waals surface area contributed by atoms with Crippen molar-refractivity contribution in [2.75, 3.05) is 26.8 Å². The fourth-order valence-electron chi connectivity index (χ4n) is 2.99. The maximum atomic E-state index is 12.1. The van der Waals surface area contributed by atoms with Crippen molar-refractivity contribution in [3.63, 3.8) is 0 Å². The van der Waals surface area contributed by atoms with Gasteiger partial charge in [-0.25, -0.2) is 0 Å². The van der Waals surface area contributed by atoms with Gasteiger partial charge in [-0.3, -0.25) is 9.78 Å². The fourth-order valence-corrected chi connectivity index (χ4v) is 2.99. The van der Waals surface area contributed by atoms with Crippen molar-refractivity contribution < 1.29 is 14.3 Å². The van der Waals surface area contributed by atoms with E-state index in [2.05, 4.69) is 10.3 Å². The monoisotopic (exact) mass is 391 g/mol. The highest BCUT2D eigenvalue weighted by Gasteiger charge is 2.18. The summed E-state index contributed by atoms with van der Waals surface area (Å²) in [5, 5.41) is 3.38. The first kappa shape index (κ1) is 21.0. The molecule has 0 aliphatic carbocycles. The normalized spacial score (nSPS) is 13.1. The summed E-state index contributed by atoms with van der Waals surface area (Å²) in [6.45, 7) is 3.17. The minimum Gasteiger partial charge on any atom is -0.493 e. The van der Waals surface area contributed by atoms with Crippen LogP contribution in [-0.2, 0) is 17.9 Å². The highest BCUT2D eigenvalue weighted by Crippen LogP contribution is 2.28. The molecule has 1 aliphatic rings. The molecule has 146 valence electrons. The van der Waals surface area contributed by atoms with Crippen LogP contribution in [0.1, 0.15) is 24.0 Å². The molecule has 1 amide bonds. The Hall–Kier alpha value is -2.31. The molecule has 1 saturated heterocycles. The molecule has 27 heavy (non-hydrogen) atoms. The van der Waals surface area contributed by atoms with Gasteiger partial charge in [0.05, 0.1) is 7.11 Å². The van der Waals surface area contributed by atoms with Crippen LogP contribution in [0.25, 0.3) is 0 Å². The van der Waals surface area contributed by atoms with Crippen molar-refractivity contribution in [1.82, 2.24) is 15.2 Å². The van der Waals surface area contributed by atoms with Crippen molar-refractivity contribution in [1.29, 1.82) is 0 Å². The van der Waals surface area contributed by atoms with Gasteiger partial charge in [-0.15, -0.1) is 12.4 Å². The molecule has 0 saturated carbocycles. The van der Waals surface area contributed by atoms with Crippen molar-refractivity contribution in [2.45, 2.75) is 25.9 Å². The van der Waals surface area contributed by atoms with Gasteiger partial charge in [-0.2, -0.15) is 0 Å². The second-order valence-electron chi connectivity index (χ2n) is 6.33. The standard InChI is InChI=1S/C20H25N3O3.ClH/c1-25-19-11-16(12-22-14-17-5-4-8-21-13-17)6-7-18(19)26-15-20(24)23-9-2-3-10-23;/h4-8,11,13,22H,2-3,9-10,12,14-15H2,1H3;1H. The summed E-state index contributed by atoms with van der Waals surface area (Å²) >= 11 is 0. The lowest BCUT2D eigenvalue weighted by atomic mass is 10.2. The van der Waals surface area contributed by atoms with E-state index < -0.39 is 0 Å². The van der Waals surface area contributed by atoms with Crippen molar-refractivity contribution >= 4 is 18.3 Å². The van der Waals surface area contributed by atoms with E-state index in [4.69, 9.17) is 9.47 Å². The first-order valence-electron chi connectivity index (χ1n) is 8.93. The van der Waals surface area contributed by atoms with E-state index in [1.54, 1.807) is 13.3 Å². The Balaban J connectivity index is 0.00000261. The second-order valence-corrected chi connectivity index (χ2v) is 6.33. The number of carbonyl (C=O) groups is 1. The fraction of sp³-hybridized carbons (Fsp3) is 0.400. The third-order valence-electron chi connectivity index (χ3n) is 4.42. The summed E-state index contributed by atoms with van der Waals surface area (Å²) < 4.78 is 11.1. The minimum atomic E-state index is 0. The molecule has 7 heteroatoms. The van der Waals surface area contributed by atoms with Gasteiger partial charge in [0.2, 0.25) is 0 Å². The van der Waals surface area contributed by atoms with Gasteiger partial charge in [-0.1, -0.05) is 12.1 Å². The molecule has 1 N–H and O–H groups in total. The Morgan fingerprint density at radius 2 is 1.93 bits per heavy atom. The predicted octanol–water partition coefficient (Wildman–Crippen LogP) is 2.80. The number of hydrogen-bond donors (Lipinski definition) is 1. The number of hydrogen-bond acceptors (Lipinski definition) is 5. The van der Waals surface area contributed by atoms with Crippen LogP contribution in [0.5, 0.6) is 11.5 Å². The number of likely N-dealkylation sites (tertiary alicyclic amines) is 1. The number of nitrogens with one attached hydrogen (secondary N) is 1. The number of rotatable bonds is 8. The van der Waals surface area contributed by atoms with E-state index in [-0.39, 0.29) is 24.9 Å². The average molecular weight is 392 g/mol. The van der Waals surface area contributed by atoms with Crippen molar-refractivity contribution in [3.05, 3.63) is 53.9 Å². The number of nitrogens with zero attached hydrogens (tertiary/aromatic N) is 2. The summed E-state index contributed by atoms with van der Waals surface area (Å²) in [5.74, 6) is 1.27. The zero-order valence-corrected chi connectivity index (χ0v) is 16.3. The minimum absolute atomic E-state index is 0. The molecule has 6 nitrogen and oxygen atoms in total. The highest BCUT2D eigenvalue weighted by molar-refractivity contribution is 5.85. The number of carbonyl (C=O) groups excluding carboxylic acids is 1. The zero-order valence-electron chi connectivity index (χ0n) is 15.5. The van der Waals surface area contributed by atoms with Gasteiger partial charge in [0.25, 0.3) is 5.91 Å². The lowest BCUT2D eigenvalue weighted by Gasteiger charge is -2.17. The summed E-state index contributed by atoms with van der Waals surface area (Å²) in [5.41, 5.74) is 2.23. The molecular weight excluding hydrogens is 366 g/mol. The van der Waals surface area contributed by atoms with Crippen LogP contribution in [0.3, 0.4) is 0 Å². The van der Waals surface area contributed by atoms with Gasteiger partial charge in [0, 0.05) is 38.6 Å². The van der Waals surface area contributed by atoms with Crippen molar-refractivity contribution in [3.8, 4) is 11.5 Å². The number of halogens is 1. The van der Waals surface area contributed by atoms with Crippen molar-refractivity contribution in [2.24, 2.45) is 0 Å². The van der Waals surface area contributed by atoms with Gasteiger partial charge >= 0.3 is 0 Å². The maximum absolute atomic E-state index is 12.1. The van der Waals surface area contributed by atoms with Crippen LogP contribution in [0, 0.1) is 0 Å². The SMILES string of the molecule is COc1cc(CNCc2cccnc2)ccc1OCC(=O)N1CCCC1.Cl. The number of amides is 1. The van der Waals surface area contributed by atoms with E-state index in [0.717, 1.165) is 43.6 Å². The largest absolute Gasteiger partial charge is 0.493 e. The maximum Gasteiger partial charge on any atom is 0.260 e. The van der Waals surface area contributed by atoms with Gasteiger partial charge in [-0.05, 0) is 42.2 Å². The molecule has 0 spiro atoms. The summed E-state index contributed by atoms with van der Waals surface area (Å²) in [7, 11) is 1.61. The highest BCUT2D eigenvalue weighted by atomic mass is 35.5. The summed E-state index contributed by atoms with van der Waals surface area (Å²) in [4.78, 5) is 18.1. The number of ether oxygens (including phenoxy) is 2. The Bertz CT molecular complexity index is 722. The molecular formula is C20H26ClN3O3. The average Bonchev–Trinajstić information content (AvgIpc) is 3.22. The summed E-state index contributed by atoms with van der Waals surface area (Å²) in [6.07, 6.45) is 5.77. The molecule has 0 bridgehead atoms. The second kappa shape index (κ2) is 10.7. The van der Waals surface area contributed by atoms with Gasteiger partial charge < -0.3 is 19.7 Å². The van der Waals surface area contributed by atoms with E-state index in [9.17, 15) is 4.79 Å². The van der Waals surface area contributed by atoms with E-state index in [1.807, 2.05) is 41.4 Å². The Morgan fingerprint density at radius 1 is 1.15 bits per heavy atom. The molecule has 2 heterocycles. The third-order valence-corrected chi connectivity index (χ3v) is 4.42. The van der Waals surface area contributed by atoms with E-state index in [1.165, 1.54) is 0 Å². The third kappa shape index (κ3) is 6.12. The Morgan fingerprint density at radius 3 is 2.63 bits per heavy atom. The molecule has 0 unspecified atom stereocenters. The molecule has 0 radical (unpaired) electrons. The Labute approximate surface area is 166 Å².